The van der Waals surface area contributed by atoms with Crippen molar-refractivity contribution in [1.29, 1.82) is 0 Å². The first-order valence-electron chi connectivity index (χ1n) is 5.23. The molecule has 0 aliphatic carbocycles. The van der Waals surface area contributed by atoms with E-state index < -0.39 is 0 Å². The van der Waals surface area contributed by atoms with Gasteiger partial charge in [-0.3, -0.25) is 0 Å². The minimum atomic E-state index is -0.0674. The number of rotatable bonds is 1. The summed E-state index contributed by atoms with van der Waals surface area (Å²) in [4.78, 5) is 7.39. The number of H-pyrrole nitrogens is 1. The molecule has 3 nitrogen and oxygen atoms in total. The molecule has 0 saturated carbocycles. The zero-order chi connectivity index (χ0) is 11.8. The van der Waals surface area contributed by atoms with Crippen molar-refractivity contribution < 1.29 is 4.74 Å². The zero-order valence-electron chi connectivity index (χ0n) is 8.81. The van der Waals surface area contributed by atoms with Gasteiger partial charge in [-0.1, -0.05) is 30.4 Å². The summed E-state index contributed by atoms with van der Waals surface area (Å²) in [5.74, 6) is 1.70. The predicted octanol–water partition coefficient (Wildman–Crippen LogP) is 3.58. The van der Waals surface area contributed by atoms with Gasteiger partial charge in [0.25, 0.3) is 0 Å². The summed E-state index contributed by atoms with van der Waals surface area (Å²) >= 11 is 8.49. The molecule has 3 rings (SSSR count). The first kappa shape index (κ1) is 10.9. The van der Waals surface area contributed by atoms with Crippen LogP contribution in [0.2, 0.25) is 0 Å². The fourth-order valence-electron chi connectivity index (χ4n) is 1.89. The Labute approximate surface area is 112 Å². The number of aromatic amines is 1. The van der Waals surface area contributed by atoms with Gasteiger partial charge in [0.1, 0.15) is 16.2 Å². The molecule has 0 radical (unpaired) electrons. The molecule has 17 heavy (non-hydrogen) atoms. The van der Waals surface area contributed by atoms with Gasteiger partial charge in [0.15, 0.2) is 6.10 Å². The Kier molecular flexibility index (Phi) is 2.72. The van der Waals surface area contributed by atoms with Gasteiger partial charge >= 0.3 is 0 Å². The van der Waals surface area contributed by atoms with Crippen LogP contribution in [0.25, 0.3) is 0 Å². The molecule has 1 aliphatic heterocycles. The normalized spacial score (nSPS) is 17.6. The Bertz CT molecular complexity index is 601. The van der Waals surface area contributed by atoms with Crippen molar-refractivity contribution in [1.82, 2.24) is 9.97 Å². The van der Waals surface area contributed by atoms with Crippen LogP contribution in [0.5, 0.6) is 5.75 Å². The van der Waals surface area contributed by atoms with Crippen molar-refractivity contribution in [2.45, 2.75) is 12.5 Å². The van der Waals surface area contributed by atoms with Crippen LogP contribution in [-0.4, -0.2) is 9.97 Å². The van der Waals surface area contributed by atoms with E-state index in [-0.39, 0.29) is 6.10 Å². The van der Waals surface area contributed by atoms with E-state index in [9.17, 15) is 0 Å². The van der Waals surface area contributed by atoms with Gasteiger partial charge in [-0.25, -0.2) is 4.98 Å². The summed E-state index contributed by atoms with van der Waals surface area (Å²) in [7, 11) is 0. The molecule has 1 N–H and O–H groups in total. The van der Waals surface area contributed by atoms with Gasteiger partial charge in [-0.2, -0.15) is 0 Å². The summed E-state index contributed by atoms with van der Waals surface area (Å²) in [5.41, 5.74) is 1.21. The van der Waals surface area contributed by atoms with E-state index in [2.05, 4.69) is 32.0 Å². The Morgan fingerprint density at radius 3 is 3.00 bits per heavy atom. The van der Waals surface area contributed by atoms with E-state index >= 15 is 0 Å². The number of nitrogens with zero attached hydrogens (tertiary/aromatic N) is 1. The second-order valence-corrected chi connectivity index (χ2v) is 5.13. The number of hydrogen-bond acceptors (Lipinski definition) is 3. The van der Waals surface area contributed by atoms with Crippen molar-refractivity contribution in [3.63, 3.8) is 0 Å². The largest absolute Gasteiger partial charge is 0.482 e. The lowest BCUT2D eigenvalue weighted by Crippen LogP contribution is -2.08. The molecule has 0 amide bonds. The second-order valence-electron chi connectivity index (χ2n) is 3.86. The minimum Gasteiger partial charge on any atom is -0.482 e. The molecule has 1 aromatic heterocycles. The SMILES string of the molecule is S=c1[nH]c(C2Cc3ccccc3O2)ncc1Br. The van der Waals surface area contributed by atoms with Crippen LogP contribution in [0.3, 0.4) is 0 Å². The molecular weight excluding hydrogens is 300 g/mol. The lowest BCUT2D eigenvalue weighted by Gasteiger charge is -2.09. The number of halogens is 1. The van der Waals surface area contributed by atoms with E-state index in [1.54, 1.807) is 6.20 Å². The standard InChI is InChI=1S/C12H9BrN2OS/c13-8-6-14-11(15-12(8)17)10-5-7-3-1-2-4-9(7)16-10/h1-4,6,10H,5H2,(H,14,15,17). The topological polar surface area (TPSA) is 37.9 Å². The van der Waals surface area contributed by atoms with Crippen molar-refractivity contribution in [3.05, 3.63) is 51.0 Å². The molecule has 1 atom stereocenters. The van der Waals surface area contributed by atoms with Gasteiger partial charge in [0.2, 0.25) is 0 Å². The van der Waals surface area contributed by atoms with Crippen LogP contribution in [-0.2, 0) is 6.42 Å². The molecule has 0 bridgehead atoms. The van der Waals surface area contributed by atoms with Gasteiger partial charge in [0.05, 0.1) is 4.47 Å². The molecule has 0 saturated heterocycles. The molecule has 0 spiro atoms. The highest BCUT2D eigenvalue weighted by molar-refractivity contribution is 9.10. The quantitative estimate of drug-likeness (QED) is 0.818. The molecule has 0 fully saturated rings. The van der Waals surface area contributed by atoms with Crippen LogP contribution in [0.1, 0.15) is 17.5 Å². The highest BCUT2D eigenvalue weighted by Crippen LogP contribution is 2.34. The number of aromatic nitrogens is 2. The van der Waals surface area contributed by atoms with Gasteiger partial charge in [-0.15, -0.1) is 0 Å². The van der Waals surface area contributed by atoms with Crippen LogP contribution in [0.4, 0.5) is 0 Å². The monoisotopic (exact) mass is 308 g/mol. The van der Waals surface area contributed by atoms with Gasteiger partial charge < -0.3 is 9.72 Å². The van der Waals surface area contributed by atoms with Crippen molar-refractivity contribution in [2.24, 2.45) is 0 Å². The summed E-state index contributed by atoms with van der Waals surface area (Å²) in [6.07, 6.45) is 2.47. The van der Waals surface area contributed by atoms with Gasteiger partial charge in [0, 0.05) is 12.6 Å². The maximum atomic E-state index is 5.83. The third kappa shape index (κ3) is 2.00. The third-order valence-corrected chi connectivity index (χ3v) is 3.91. The summed E-state index contributed by atoms with van der Waals surface area (Å²) in [5, 5.41) is 0. The minimum absolute atomic E-state index is 0.0674. The maximum Gasteiger partial charge on any atom is 0.160 e. The first-order valence-corrected chi connectivity index (χ1v) is 6.43. The molecule has 1 aliphatic rings. The fraction of sp³-hybridized carbons (Fsp3) is 0.167. The lowest BCUT2D eigenvalue weighted by molar-refractivity contribution is 0.227. The Balaban J connectivity index is 1.94. The van der Waals surface area contributed by atoms with Gasteiger partial charge in [-0.05, 0) is 27.6 Å². The third-order valence-electron chi connectivity index (χ3n) is 2.73. The van der Waals surface area contributed by atoms with Crippen LogP contribution < -0.4 is 4.74 Å². The average molecular weight is 309 g/mol. The highest BCUT2D eigenvalue weighted by atomic mass is 79.9. The number of fused-ring (bicyclic) bond motifs is 1. The predicted molar refractivity (Wildman–Crippen MR) is 70.6 cm³/mol. The van der Waals surface area contributed by atoms with Crippen LogP contribution in [0.15, 0.2) is 34.9 Å². The van der Waals surface area contributed by atoms with E-state index in [4.69, 9.17) is 17.0 Å². The number of ether oxygens (including phenoxy) is 1. The molecule has 5 heteroatoms. The number of nitrogens with one attached hydrogen (secondary N) is 1. The zero-order valence-corrected chi connectivity index (χ0v) is 11.2. The Morgan fingerprint density at radius 2 is 2.24 bits per heavy atom. The van der Waals surface area contributed by atoms with E-state index in [0.29, 0.717) is 4.64 Å². The first-order chi connectivity index (χ1) is 8.24. The van der Waals surface area contributed by atoms with E-state index in [1.807, 2.05) is 18.2 Å². The van der Waals surface area contributed by atoms with Crippen molar-refractivity contribution in [2.75, 3.05) is 0 Å². The molecule has 86 valence electrons. The molecule has 2 heterocycles. The fourth-order valence-corrected chi connectivity index (χ4v) is 2.25. The number of benzene rings is 1. The maximum absolute atomic E-state index is 5.83. The van der Waals surface area contributed by atoms with Crippen molar-refractivity contribution >= 4 is 28.1 Å². The van der Waals surface area contributed by atoms with Crippen molar-refractivity contribution in [3.8, 4) is 5.75 Å². The Morgan fingerprint density at radius 1 is 1.41 bits per heavy atom. The number of para-hydroxylation sites is 1. The Hall–Kier alpha value is -1.20. The molecule has 2 aromatic rings. The summed E-state index contributed by atoms with van der Waals surface area (Å²) in [6.45, 7) is 0. The molecular formula is C12H9BrN2OS. The van der Waals surface area contributed by atoms with Crippen LogP contribution in [0, 0.1) is 4.64 Å². The summed E-state index contributed by atoms with van der Waals surface area (Å²) in [6, 6.07) is 8.03. The van der Waals surface area contributed by atoms with Crippen LogP contribution >= 0.6 is 28.1 Å². The van der Waals surface area contributed by atoms with E-state index in [1.165, 1.54) is 5.56 Å². The lowest BCUT2D eigenvalue weighted by atomic mass is 10.1. The smallest absolute Gasteiger partial charge is 0.160 e. The number of hydrogen-bond donors (Lipinski definition) is 1. The average Bonchev–Trinajstić information content (AvgIpc) is 2.76. The molecule has 1 aromatic carbocycles. The highest BCUT2D eigenvalue weighted by Gasteiger charge is 2.25. The van der Waals surface area contributed by atoms with E-state index in [0.717, 1.165) is 22.5 Å². The second kappa shape index (κ2) is 4.23. The summed E-state index contributed by atoms with van der Waals surface area (Å²) < 4.78 is 7.28. The molecule has 1 unspecified atom stereocenters.